The number of carbonyl (C=O) groups is 3. The number of rotatable bonds is 27. The van der Waals surface area contributed by atoms with E-state index in [9.17, 15) is 36.0 Å². The van der Waals surface area contributed by atoms with Gasteiger partial charge in [-0.1, -0.05) is 116 Å². The van der Waals surface area contributed by atoms with E-state index in [1.54, 1.807) is 77.2 Å². The lowest BCUT2D eigenvalue weighted by atomic mass is 9.98. The Morgan fingerprint density at radius 3 is 2.03 bits per heavy atom. The van der Waals surface area contributed by atoms with Gasteiger partial charge in [-0.15, -0.1) is 0 Å². The number of nitrogens with zero attached hydrogens (tertiary/aromatic N) is 5. The van der Waals surface area contributed by atoms with E-state index >= 15 is 0 Å². The number of fused-ring (bicyclic) bond motifs is 1. The van der Waals surface area contributed by atoms with Crippen LogP contribution in [0.2, 0.25) is 10.0 Å². The van der Waals surface area contributed by atoms with Gasteiger partial charge in [0.2, 0.25) is 26.0 Å². The third-order valence-corrected chi connectivity index (χ3v) is 20.8. The highest BCUT2D eigenvalue weighted by atomic mass is 35.5. The van der Waals surface area contributed by atoms with Crippen molar-refractivity contribution in [1.82, 2.24) is 39.0 Å². The fourth-order valence-corrected chi connectivity index (χ4v) is 15.3. The second-order valence-corrected chi connectivity index (χ2v) is 28.0. The van der Waals surface area contributed by atoms with E-state index in [2.05, 4.69) is 21.3 Å². The van der Waals surface area contributed by atoms with Crippen molar-refractivity contribution in [3.63, 3.8) is 0 Å². The molecule has 2 fully saturated rings. The summed E-state index contributed by atoms with van der Waals surface area (Å²) in [5.74, 6) is -0.530. The topological polar surface area (TPSA) is 212 Å². The summed E-state index contributed by atoms with van der Waals surface area (Å²) in [6.07, 6.45) is 5.77. The van der Waals surface area contributed by atoms with Gasteiger partial charge in [0.05, 0.1) is 38.8 Å². The highest BCUT2D eigenvalue weighted by molar-refractivity contribution is 7.89. The van der Waals surface area contributed by atoms with E-state index in [0.29, 0.717) is 62.0 Å². The van der Waals surface area contributed by atoms with Crippen molar-refractivity contribution >= 4 is 77.6 Å². The van der Waals surface area contributed by atoms with Gasteiger partial charge in [0, 0.05) is 80.1 Å². The quantitative estimate of drug-likeness (QED) is 0.0356. The molecule has 6 aromatic carbocycles. The number of hydrogen-bond donors (Lipinski definition) is 4. The van der Waals surface area contributed by atoms with Crippen LogP contribution in [-0.4, -0.2) is 110 Å². The van der Waals surface area contributed by atoms with E-state index in [1.165, 1.54) is 32.9 Å². The van der Waals surface area contributed by atoms with Crippen LogP contribution in [0, 0.1) is 18.8 Å². The van der Waals surface area contributed by atoms with Gasteiger partial charge >= 0.3 is 0 Å². The summed E-state index contributed by atoms with van der Waals surface area (Å²) >= 11 is 12.6. The van der Waals surface area contributed by atoms with Crippen LogP contribution in [0.1, 0.15) is 126 Å². The fourth-order valence-electron chi connectivity index (χ4n) is 11.8. The molecule has 1 aliphatic heterocycles. The molecule has 0 radical (unpaired) electrons. The molecule has 17 nitrogen and oxygen atoms in total. The number of sulfonamides is 2. The smallest absolute Gasteiger partial charge is 0.261 e. The van der Waals surface area contributed by atoms with Gasteiger partial charge in [0.15, 0.2) is 0 Å². The van der Waals surface area contributed by atoms with Crippen molar-refractivity contribution in [2.24, 2.45) is 11.8 Å². The van der Waals surface area contributed by atoms with Gasteiger partial charge in [-0.25, -0.2) is 21.8 Å². The lowest BCUT2D eigenvalue weighted by Gasteiger charge is -2.35. The van der Waals surface area contributed by atoms with Crippen LogP contribution < -0.4 is 26.8 Å². The number of aryl methyl sites for hydroxylation is 1. The lowest BCUT2D eigenvalue weighted by Crippen LogP contribution is -2.42. The highest BCUT2D eigenvalue weighted by Crippen LogP contribution is 2.34. The van der Waals surface area contributed by atoms with Crippen molar-refractivity contribution in [3.8, 4) is 0 Å². The van der Waals surface area contributed by atoms with E-state index in [0.717, 1.165) is 68.3 Å². The molecule has 0 bridgehead atoms. The Balaban J connectivity index is 0.828. The standard InChI is InChI=1S/C67H79Cl2N9O8S2/c1-46(2)63(64-74-61-41-54(69)26-32-59(61)67(82)77(64)44-48-12-6-5-7-13-48)76(66(81)52-22-17-47(3)18-23-52)39-11-36-72-62(79)16-10-35-73-65(80)58-31-21-51(40-60(58)70-4)43-75(42-50-33-37-71-38-34-50)87(83,84)56-27-29-57(30-28-56)88(85,86)78(55-14-8-9-15-55)45-49-19-24-53(68)25-20-49/h5-7,12-13,17-32,40-41,46,50,55,63,70-71H,8-11,14-16,33-39,42-45H2,1-4H3,(H,72,79)(H,73,80)/t63-/m1/s1. The third-order valence-electron chi connectivity index (χ3n) is 16.6. The summed E-state index contributed by atoms with van der Waals surface area (Å²) in [6, 6.07) is 39.0. The van der Waals surface area contributed by atoms with E-state index in [4.69, 9.17) is 28.2 Å². The Labute approximate surface area is 527 Å². The number of halogens is 2. The number of nitrogens with one attached hydrogen (secondary N) is 4. The van der Waals surface area contributed by atoms with E-state index < -0.39 is 26.1 Å². The van der Waals surface area contributed by atoms with Crippen LogP contribution in [0.25, 0.3) is 10.9 Å². The number of aromatic nitrogens is 2. The molecule has 21 heteroatoms. The first-order chi connectivity index (χ1) is 42.3. The van der Waals surface area contributed by atoms with Crippen molar-refractivity contribution < 1.29 is 31.2 Å². The molecule has 4 N–H and O–H groups in total. The summed E-state index contributed by atoms with van der Waals surface area (Å²) < 4.78 is 62.7. The van der Waals surface area contributed by atoms with Crippen molar-refractivity contribution in [2.75, 3.05) is 51.6 Å². The Kier molecular flexibility index (Phi) is 22.3. The predicted octanol–water partition coefficient (Wildman–Crippen LogP) is 11.0. The zero-order valence-electron chi connectivity index (χ0n) is 50.4. The molecule has 9 rings (SSSR count). The molecule has 7 aromatic rings. The molecule has 1 aliphatic carbocycles. The summed E-state index contributed by atoms with van der Waals surface area (Å²) in [6.45, 7) is 8.79. The Morgan fingerprint density at radius 2 is 1.36 bits per heavy atom. The van der Waals surface area contributed by atoms with Gasteiger partial charge in [0.25, 0.3) is 17.4 Å². The zero-order chi connectivity index (χ0) is 62.5. The molecule has 1 saturated heterocycles. The largest absolute Gasteiger partial charge is 0.387 e. The normalized spacial score (nSPS) is 14.6. The molecule has 2 aliphatic rings. The molecule has 1 aromatic heterocycles. The zero-order valence-corrected chi connectivity index (χ0v) is 53.5. The predicted molar refractivity (Wildman–Crippen MR) is 348 cm³/mol. The molecular weight excluding hydrogens is 1190 g/mol. The number of piperidine rings is 1. The molecule has 2 heterocycles. The maximum Gasteiger partial charge on any atom is 0.261 e. The summed E-state index contributed by atoms with van der Waals surface area (Å²) in [7, 11) is -6.48. The van der Waals surface area contributed by atoms with Crippen LogP contribution in [0.3, 0.4) is 0 Å². The minimum Gasteiger partial charge on any atom is -0.387 e. The molecule has 466 valence electrons. The summed E-state index contributed by atoms with van der Waals surface area (Å²) in [5, 5.41) is 13.8. The maximum absolute atomic E-state index is 14.7. The molecule has 0 unspecified atom stereocenters. The summed E-state index contributed by atoms with van der Waals surface area (Å²) in [5.41, 5.74) is 4.83. The first-order valence-electron chi connectivity index (χ1n) is 30.3. The van der Waals surface area contributed by atoms with Crippen LogP contribution in [0.5, 0.6) is 0 Å². The van der Waals surface area contributed by atoms with Gasteiger partial charge in [-0.3, -0.25) is 23.7 Å². The molecule has 1 saturated carbocycles. The molecule has 0 spiro atoms. The Morgan fingerprint density at radius 1 is 0.716 bits per heavy atom. The second kappa shape index (κ2) is 30.0. The SMILES string of the molecule is CNc1cc(CN(CC2CCNCC2)S(=O)(=O)c2ccc(S(=O)(=O)N(Cc3ccc(Cl)cc3)C3CCCC3)cc2)ccc1C(=O)NCCCC(=O)NCCCN(C(=O)c1ccc(C)cc1)[C@@H](c1nc2cc(Cl)ccc2c(=O)n1Cc1ccccc1)C(C)C. The molecule has 88 heavy (non-hydrogen) atoms. The van der Waals surface area contributed by atoms with E-state index in [1.807, 2.05) is 75.4 Å². The van der Waals surface area contributed by atoms with Gasteiger partial charge in [0.1, 0.15) is 5.82 Å². The van der Waals surface area contributed by atoms with Gasteiger partial charge in [-0.05, 0) is 166 Å². The van der Waals surface area contributed by atoms with Crippen LogP contribution >= 0.6 is 23.2 Å². The first-order valence-corrected chi connectivity index (χ1v) is 34.0. The Hall–Kier alpha value is -6.97. The number of benzene rings is 6. The van der Waals surface area contributed by atoms with Crippen molar-refractivity contribution in [3.05, 3.63) is 199 Å². The molecule has 1 atom stereocenters. The van der Waals surface area contributed by atoms with Crippen molar-refractivity contribution in [2.45, 2.75) is 120 Å². The van der Waals surface area contributed by atoms with E-state index in [-0.39, 0.29) is 103 Å². The average Bonchev–Trinajstić information content (AvgIpc) is 2.06. The number of anilines is 1. The molecule has 3 amide bonds. The first kappa shape index (κ1) is 65.5. The minimum atomic E-state index is -4.15. The van der Waals surface area contributed by atoms with Crippen LogP contribution in [0.4, 0.5) is 5.69 Å². The Bertz CT molecular complexity index is 3840. The maximum atomic E-state index is 14.7. The fraction of sp³-hybridized carbons (Fsp3) is 0.388. The number of amides is 3. The summed E-state index contributed by atoms with van der Waals surface area (Å²) in [4.78, 5) is 63.0. The lowest BCUT2D eigenvalue weighted by molar-refractivity contribution is -0.121. The third kappa shape index (κ3) is 16.3. The number of hydrogen-bond acceptors (Lipinski definition) is 11. The van der Waals surface area contributed by atoms with Gasteiger partial charge in [-0.2, -0.15) is 8.61 Å². The second-order valence-electron chi connectivity index (χ2n) is 23.3. The molecular formula is C67H79Cl2N9O8S2. The van der Waals surface area contributed by atoms with Crippen LogP contribution in [-0.2, 0) is 44.5 Å². The highest BCUT2D eigenvalue weighted by Gasteiger charge is 2.36. The van der Waals surface area contributed by atoms with Gasteiger partial charge < -0.3 is 26.2 Å². The monoisotopic (exact) mass is 1270 g/mol. The van der Waals surface area contributed by atoms with Crippen molar-refractivity contribution in [1.29, 1.82) is 0 Å². The van der Waals surface area contributed by atoms with Crippen LogP contribution in [0.15, 0.2) is 154 Å². The number of carbonyl (C=O) groups excluding carboxylic acids is 3. The average molecular weight is 1270 g/mol. The minimum absolute atomic E-state index is 0.00233.